The fraction of sp³-hybridized carbons (Fsp3) is 0.176. The topological polar surface area (TPSA) is 85.0 Å². The van der Waals surface area contributed by atoms with E-state index in [0.717, 1.165) is 11.1 Å². The van der Waals surface area contributed by atoms with Crippen LogP contribution in [0.5, 0.6) is 0 Å². The summed E-state index contributed by atoms with van der Waals surface area (Å²) in [5.41, 5.74) is 2.38. The van der Waals surface area contributed by atoms with Crippen molar-refractivity contribution >= 4 is 17.5 Å². The summed E-state index contributed by atoms with van der Waals surface area (Å²) in [5, 5.41) is 16.3. The SMILES string of the molecule is CC(=O)N1N=C(c2ccc([N+](=O)[O-])cc2)OC1c1ccccc1C. The first kappa shape index (κ1) is 15.7. The minimum Gasteiger partial charge on any atom is -0.446 e. The van der Waals surface area contributed by atoms with E-state index in [-0.39, 0.29) is 17.5 Å². The highest BCUT2D eigenvalue weighted by Crippen LogP contribution is 2.32. The van der Waals surface area contributed by atoms with E-state index in [1.54, 1.807) is 12.1 Å². The number of nitro groups is 1. The standard InChI is InChI=1S/C17H15N3O4/c1-11-5-3-4-6-15(11)17-19(12(2)21)18-16(24-17)13-7-9-14(10-8-13)20(22)23/h3-10,17H,1-2H3. The van der Waals surface area contributed by atoms with Gasteiger partial charge in [-0.2, -0.15) is 5.01 Å². The molecule has 7 nitrogen and oxygen atoms in total. The van der Waals surface area contributed by atoms with Crippen molar-refractivity contribution in [1.29, 1.82) is 0 Å². The van der Waals surface area contributed by atoms with Crippen LogP contribution in [0.2, 0.25) is 0 Å². The average Bonchev–Trinajstić information content (AvgIpc) is 3.00. The summed E-state index contributed by atoms with van der Waals surface area (Å²) in [6, 6.07) is 13.4. The summed E-state index contributed by atoms with van der Waals surface area (Å²) >= 11 is 0. The fourth-order valence-electron chi connectivity index (χ4n) is 2.48. The van der Waals surface area contributed by atoms with E-state index in [0.29, 0.717) is 5.56 Å². The van der Waals surface area contributed by atoms with E-state index in [2.05, 4.69) is 5.10 Å². The first-order valence-corrected chi connectivity index (χ1v) is 7.33. The Morgan fingerprint density at radius 1 is 1.21 bits per heavy atom. The van der Waals surface area contributed by atoms with Gasteiger partial charge < -0.3 is 4.74 Å². The molecule has 0 aliphatic carbocycles. The van der Waals surface area contributed by atoms with Crippen LogP contribution < -0.4 is 0 Å². The molecule has 1 aliphatic heterocycles. The lowest BCUT2D eigenvalue weighted by Gasteiger charge is -2.20. The molecule has 0 saturated carbocycles. The Kier molecular flexibility index (Phi) is 3.99. The quantitative estimate of drug-likeness (QED) is 0.641. The second-order valence-electron chi connectivity index (χ2n) is 5.40. The van der Waals surface area contributed by atoms with Crippen molar-refractivity contribution in [3.63, 3.8) is 0 Å². The molecule has 1 aliphatic rings. The molecule has 3 rings (SSSR count). The molecule has 0 radical (unpaired) electrons. The summed E-state index contributed by atoms with van der Waals surface area (Å²) in [4.78, 5) is 22.2. The maximum atomic E-state index is 11.9. The Morgan fingerprint density at radius 2 is 1.88 bits per heavy atom. The monoisotopic (exact) mass is 325 g/mol. The molecular weight excluding hydrogens is 310 g/mol. The predicted molar refractivity (Wildman–Crippen MR) is 87.2 cm³/mol. The molecule has 0 fully saturated rings. The third-order valence-corrected chi connectivity index (χ3v) is 3.75. The van der Waals surface area contributed by atoms with Gasteiger partial charge >= 0.3 is 0 Å². The number of hydrogen-bond acceptors (Lipinski definition) is 5. The molecule has 24 heavy (non-hydrogen) atoms. The van der Waals surface area contributed by atoms with Crippen LogP contribution in [0.15, 0.2) is 53.6 Å². The second-order valence-corrected chi connectivity index (χ2v) is 5.40. The third kappa shape index (κ3) is 2.83. The number of nitro benzene ring substituents is 1. The third-order valence-electron chi connectivity index (χ3n) is 3.75. The Labute approximate surface area is 138 Å². The van der Waals surface area contributed by atoms with Crippen molar-refractivity contribution in [2.75, 3.05) is 0 Å². The Bertz CT molecular complexity index is 830. The largest absolute Gasteiger partial charge is 0.446 e. The van der Waals surface area contributed by atoms with Gasteiger partial charge in [-0.1, -0.05) is 24.3 Å². The summed E-state index contributed by atoms with van der Waals surface area (Å²) < 4.78 is 5.87. The number of rotatable bonds is 3. The van der Waals surface area contributed by atoms with Crippen LogP contribution in [0.4, 0.5) is 5.69 Å². The number of non-ortho nitro benzene ring substituents is 1. The highest BCUT2D eigenvalue weighted by molar-refractivity contribution is 5.96. The van der Waals surface area contributed by atoms with Gasteiger partial charge in [0, 0.05) is 30.2 Å². The molecule has 0 saturated heterocycles. The van der Waals surface area contributed by atoms with Crippen LogP contribution in [0.1, 0.15) is 29.8 Å². The molecule has 0 spiro atoms. The lowest BCUT2D eigenvalue weighted by atomic mass is 10.1. The average molecular weight is 325 g/mol. The number of nitrogens with zero attached hydrogens (tertiary/aromatic N) is 3. The van der Waals surface area contributed by atoms with Gasteiger partial charge in [0.1, 0.15) is 0 Å². The lowest BCUT2D eigenvalue weighted by Crippen LogP contribution is -2.25. The van der Waals surface area contributed by atoms with E-state index < -0.39 is 11.2 Å². The van der Waals surface area contributed by atoms with Crippen LogP contribution in [0, 0.1) is 17.0 Å². The molecular formula is C17H15N3O4. The smallest absolute Gasteiger partial charge is 0.269 e. The molecule has 2 aromatic carbocycles. The summed E-state index contributed by atoms with van der Waals surface area (Å²) in [5.74, 6) is 0.00788. The first-order chi connectivity index (χ1) is 11.5. The van der Waals surface area contributed by atoms with Crippen LogP contribution in [-0.2, 0) is 9.53 Å². The van der Waals surface area contributed by atoms with Gasteiger partial charge in [-0.3, -0.25) is 14.9 Å². The van der Waals surface area contributed by atoms with Crippen molar-refractivity contribution in [3.8, 4) is 0 Å². The van der Waals surface area contributed by atoms with E-state index in [1.807, 2.05) is 31.2 Å². The number of amides is 1. The summed E-state index contributed by atoms with van der Waals surface area (Å²) in [6.45, 7) is 3.35. The van der Waals surface area contributed by atoms with Gasteiger partial charge in [0.2, 0.25) is 18.0 Å². The molecule has 0 aromatic heterocycles. The maximum absolute atomic E-state index is 11.9. The zero-order chi connectivity index (χ0) is 17.3. The van der Waals surface area contributed by atoms with Gasteiger partial charge in [-0.05, 0) is 24.6 Å². The fourth-order valence-corrected chi connectivity index (χ4v) is 2.48. The Morgan fingerprint density at radius 3 is 2.46 bits per heavy atom. The minimum atomic E-state index is -0.645. The summed E-state index contributed by atoms with van der Waals surface area (Å²) in [6.07, 6.45) is -0.645. The van der Waals surface area contributed by atoms with Crippen LogP contribution >= 0.6 is 0 Å². The number of carbonyl (C=O) groups excluding carboxylic acids is 1. The normalized spacial score (nSPS) is 16.5. The zero-order valence-corrected chi connectivity index (χ0v) is 13.2. The van der Waals surface area contributed by atoms with Crippen molar-refractivity contribution in [1.82, 2.24) is 5.01 Å². The van der Waals surface area contributed by atoms with Crippen LogP contribution in [0.25, 0.3) is 0 Å². The number of hydrazone groups is 1. The molecule has 1 unspecified atom stereocenters. The number of aryl methyl sites for hydroxylation is 1. The molecule has 1 heterocycles. The van der Waals surface area contributed by atoms with Crippen LogP contribution in [-0.4, -0.2) is 21.7 Å². The Balaban J connectivity index is 1.94. The molecule has 1 atom stereocenters. The zero-order valence-electron chi connectivity index (χ0n) is 13.2. The predicted octanol–water partition coefficient (Wildman–Crippen LogP) is 3.14. The number of benzene rings is 2. The highest BCUT2D eigenvalue weighted by atomic mass is 16.6. The van der Waals surface area contributed by atoms with E-state index in [4.69, 9.17) is 4.74 Å². The Hall–Kier alpha value is -3.22. The van der Waals surface area contributed by atoms with Crippen molar-refractivity contribution < 1.29 is 14.5 Å². The van der Waals surface area contributed by atoms with E-state index >= 15 is 0 Å². The highest BCUT2D eigenvalue weighted by Gasteiger charge is 2.33. The van der Waals surface area contributed by atoms with Gasteiger partial charge in [0.15, 0.2) is 0 Å². The number of ether oxygens (including phenoxy) is 1. The lowest BCUT2D eigenvalue weighted by molar-refractivity contribution is -0.384. The van der Waals surface area contributed by atoms with Crippen molar-refractivity contribution in [3.05, 3.63) is 75.3 Å². The van der Waals surface area contributed by atoms with Gasteiger partial charge in [0.25, 0.3) is 5.69 Å². The maximum Gasteiger partial charge on any atom is 0.269 e. The molecule has 122 valence electrons. The molecule has 1 amide bonds. The summed E-state index contributed by atoms with van der Waals surface area (Å²) in [7, 11) is 0. The van der Waals surface area contributed by atoms with E-state index in [9.17, 15) is 14.9 Å². The number of hydrogen-bond donors (Lipinski definition) is 0. The molecule has 2 aromatic rings. The van der Waals surface area contributed by atoms with E-state index in [1.165, 1.54) is 24.1 Å². The molecule has 0 bridgehead atoms. The van der Waals surface area contributed by atoms with Gasteiger partial charge in [0.05, 0.1) is 4.92 Å². The van der Waals surface area contributed by atoms with Crippen LogP contribution in [0.3, 0.4) is 0 Å². The van der Waals surface area contributed by atoms with Gasteiger partial charge in [-0.15, -0.1) is 5.10 Å². The van der Waals surface area contributed by atoms with Crippen molar-refractivity contribution in [2.45, 2.75) is 20.1 Å². The molecule has 0 N–H and O–H groups in total. The number of carbonyl (C=O) groups is 1. The molecule has 7 heteroatoms. The van der Waals surface area contributed by atoms with Crippen molar-refractivity contribution in [2.24, 2.45) is 5.10 Å². The first-order valence-electron chi connectivity index (χ1n) is 7.33. The van der Waals surface area contributed by atoms with Gasteiger partial charge in [-0.25, -0.2) is 0 Å². The second kappa shape index (κ2) is 6.11. The minimum absolute atomic E-state index is 0.0174.